The topological polar surface area (TPSA) is 46.0 Å². The zero-order valence-corrected chi connectivity index (χ0v) is 13.4. The summed E-state index contributed by atoms with van der Waals surface area (Å²) in [5.74, 6) is 1.04. The molecule has 5 heteroatoms. The molecule has 0 aliphatic rings. The first kappa shape index (κ1) is 15.5. The third kappa shape index (κ3) is 3.82. The fourth-order valence-electron chi connectivity index (χ4n) is 2.42. The zero-order chi connectivity index (χ0) is 15.2. The van der Waals surface area contributed by atoms with E-state index in [1.165, 1.54) is 11.3 Å². The minimum Gasteiger partial charge on any atom is -0.378 e. The molecule has 5 nitrogen and oxygen atoms in total. The average Bonchev–Trinajstić information content (AvgIpc) is 2.92. The van der Waals surface area contributed by atoms with E-state index in [4.69, 9.17) is 0 Å². The standard InChI is InChI=1S/C16H25N5/c1-5-10-21-16(18-12-19-21)11-15(17-2)13-6-8-14(9-7-13)20(3)4/h6-9,12,15,17H,5,10-11H2,1-4H3. The highest BCUT2D eigenvalue weighted by molar-refractivity contribution is 5.46. The second-order valence-corrected chi connectivity index (χ2v) is 5.43. The van der Waals surface area contributed by atoms with E-state index in [1.807, 2.05) is 11.7 Å². The molecular formula is C16H25N5. The number of nitrogens with one attached hydrogen (secondary N) is 1. The first-order chi connectivity index (χ1) is 10.2. The third-order valence-electron chi connectivity index (χ3n) is 3.68. The molecule has 1 atom stereocenters. The molecular weight excluding hydrogens is 262 g/mol. The SMILES string of the molecule is CCCn1ncnc1CC(NC)c1ccc(N(C)C)cc1. The number of aromatic nitrogens is 3. The molecule has 0 aliphatic heterocycles. The van der Waals surface area contributed by atoms with Crippen LogP contribution >= 0.6 is 0 Å². The molecule has 1 unspecified atom stereocenters. The Morgan fingerprint density at radius 1 is 1.24 bits per heavy atom. The molecule has 0 saturated heterocycles. The number of nitrogens with zero attached hydrogens (tertiary/aromatic N) is 4. The van der Waals surface area contributed by atoms with E-state index in [-0.39, 0.29) is 6.04 Å². The second-order valence-electron chi connectivity index (χ2n) is 5.43. The molecule has 1 N–H and O–H groups in total. The van der Waals surface area contributed by atoms with Crippen LogP contribution in [-0.4, -0.2) is 35.9 Å². The lowest BCUT2D eigenvalue weighted by molar-refractivity contribution is 0.517. The van der Waals surface area contributed by atoms with Gasteiger partial charge in [0.2, 0.25) is 0 Å². The van der Waals surface area contributed by atoms with Gasteiger partial charge >= 0.3 is 0 Å². The fraction of sp³-hybridized carbons (Fsp3) is 0.500. The van der Waals surface area contributed by atoms with Gasteiger partial charge in [0, 0.05) is 38.8 Å². The van der Waals surface area contributed by atoms with Crippen molar-refractivity contribution < 1.29 is 0 Å². The van der Waals surface area contributed by atoms with Crippen molar-refractivity contribution in [2.75, 3.05) is 26.0 Å². The maximum atomic E-state index is 4.40. The van der Waals surface area contributed by atoms with Crippen molar-refractivity contribution >= 4 is 5.69 Å². The minimum atomic E-state index is 0.251. The minimum absolute atomic E-state index is 0.251. The Bertz CT molecular complexity index is 544. The van der Waals surface area contributed by atoms with Gasteiger partial charge in [0.15, 0.2) is 0 Å². The van der Waals surface area contributed by atoms with Crippen molar-refractivity contribution in [1.82, 2.24) is 20.1 Å². The van der Waals surface area contributed by atoms with Crippen LogP contribution in [0, 0.1) is 0 Å². The molecule has 0 spiro atoms. The van der Waals surface area contributed by atoms with Gasteiger partial charge in [-0.1, -0.05) is 19.1 Å². The summed E-state index contributed by atoms with van der Waals surface area (Å²) in [4.78, 5) is 6.50. The summed E-state index contributed by atoms with van der Waals surface area (Å²) in [6, 6.07) is 8.90. The summed E-state index contributed by atoms with van der Waals surface area (Å²) >= 11 is 0. The van der Waals surface area contributed by atoms with E-state index < -0.39 is 0 Å². The second kappa shape index (κ2) is 7.22. The van der Waals surface area contributed by atoms with Crippen LogP contribution in [0.2, 0.25) is 0 Å². The van der Waals surface area contributed by atoms with Crippen LogP contribution in [0.25, 0.3) is 0 Å². The van der Waals surface area contributed by atoms with Gasteiger partial charge in [-0.05, 0) is 31.2 Å². The van der Waals surface area contributed by atoms with Crippen molar-refractivity contribution in [1.29, 1.82) is 0 Å². The van der Waals surface area contributed by atoms with Crippen LogP contribution in [0.15, 0.2) is 30.6 Å². The van der Waals surface area contributed by atoms with Gasteiger partial charge in [0.05, 0.1) is 0 Å². The molecule has 1 aromatic carbocycles. The van der Waals surface area contributed by atoms with Crippen molar-refractivity contribution in [2.45, 2.75) is 32.4 Å². The van der Waals surface area contributed by atoms with Crippen LogP contribution in [0.1, 0.15) is 30.8 Å². The van der Waals surface area contributed by atoms with Gasteiger partial charge in [-0.15, -0.1) is 0 Å². The summed E-state index contributed by atoms with van der Waals surface area (Å²) in [6.45, 7) is 3.08. The molecule has 2 rings (SSSR count). The van der Waals surface area contributed by atoms with Gasteiger partial charge in [-0.25, -0.2) is 4.98 Å². The van der Waals surface area contributed by atoms with E-state index in [2.05, 4.69) is 65.6 Å². The number of anilines is 1. The monoisotopic (exact) mass is 287 g/mol. The van der Waals surface area contributed by atoms with E-state index in [9.17, 15) is 0 Å². The summed E-state index contributed by atoms with van der Waals surface area (Å²) in [7, 11) is 6.10. The van der Waals surface area contributed by atoms with Gasteiger partial charge in [0.25, 0.3) is 0 Å². The number of likely N-dealkylation sites (N-methyl/N-ethyl adjacent to an activating group) is 1. The fourth-order valence-corrected chi connectivity index (χ4v) is 2.42. The van der Waals surface area contributed by atoms with Crippen LogP contribution in [0.3, 0.4) is 0 Å². The molecule has 0 fully saturated rings. The highest BCUT2D eigenvalue weighted by Crippen LogP contribution is 2.20. The highest BCUT2D eigenvalue weighted by Gasteiger charge is 2.14. The lowest BCUT2D eigenvalue weighted by Gasteiger charge is -2.18. The lowest BCUT2D eigenvalue weighted by Crippen LogP contribution is -2.21. The molecule has 114 valence electrons. The van der Waals surface area contributed by atoms with Gasteiger partial charge in [-0.2, -0.15) is 5.10 Å². The molecule has 2 aromatic rings. The molecule has 0 bridgehead atoms. The largest absolute Gasteiger partial charge is 0.378 e. The van der Waals surface area contributed by atoms with Crippen molar-refractivity contribution in [2.24, 2.45) is 0 Å². The molecule has 1 aromatic heterocycles. The number of benzene rings is 1. The Morgan fingerprint density at radius 3 is 2.52 bits per heavy atom. The maximum Gasteiger partial charge on any atom is 0.138 e. The lowest BCUT2D eigenvalue weighted by atomic mass is 10.0. The Kier molecular flexibility index (Phi) is 5.33. The van der Waals surface area contributed by atoms with Gasteiger partial charge in [-0.3, -0.25) is 4.68 Å². The Balaban J connectivity index is 2.13. The number of hydrogen-bond donors (Lipinski definition) is 1. The molecule has 21 heavy (non-hydrogen) atoms. The van der Waals surface area contributed by atoms with Crippen LogP contribution < -0.4 is 10.2 Å². The number of rotatable bonds is 7. The summed E-state index contributed by atoms with van der Waals surface area (Å²) in [5.41, 5.74) is 2.48. The Morgan fingerprint density at radius 2 is 1.95 bits per heavy atom. The first-order valence-electron chi connectivity index (χ1n) is 7.47. The van der Waals surface area contributed by atoms with Crippen molar-refractivity contribution in [3.8, 4) is 0 Å². The average molecular weight is 287 g/mol. The Labute approximate surface area is 127 Å². The van der Waals surface area contributed by atoms with E-state index in [0.29, 0.717) is 0 Å². The molecule has 0 radical (unpaired) electrons. The summed E-state index contributed by atoms with van der Waals surface area (Å²) < 4.78 is 2.00. The normalized spacial score (nSPS) is 12.4. The maximum absolute atomic E-state index is 4.40. The quantitative estimate of drug-likeness (QED) is 0.848. The number of hydrogen-bond acceptors (Lipinski definition) is 4. The highest BCUT2D eigenvalue weighted by atomic mass is 15.3. The van der Waals surface area contributed by atoms with Gasteiger partial charge < -0.3 is 10.2 Å². The van der Waals surface area contributed by atoms with Crippen LogP contribution in [-0.2, 0) is 13.0 Å². The van der Waals surface area contributed by atoms with E-state index in [1.54, 1.807) is 6.33 Å². The van der Waals surface area contributed by atoms with Crippen molar-refractivity contribution in [3.05, 3.63) is 42.0 Å². The predicted octanol–water partition coefficient (Wildman–Crippen LogP) is 2.26. The smallest absolute Gasteiger partial charge is 0.138 e. The van der Waals surface area contributed by atoms with Gasteiger partial charge in [0.1, 0.15) is 12.2 Å². The molecule has 0 aliphatic carbocycles. The third-order valence-corrected chi connectivity index (χ3v) is 3.68. The predicted molar refractivity (Wildman–Crippen MR) is 86.6 cm³/mol. The van der Waals surface area contributed by atoms with Crippen molar-refractivity contribution in [3.63, 3.8) is 0 Å². The summed E-state index contributed by atoms with van der Waals surface area (Å²) in [6.07, 6.45) is 3.56. The van der Waals surface area contributed by atoms with E-state index in [0.717, 1.165) is 25.2 Å². The first-order valence-corrected chi connectivity index (χ1v) is 7.47. The van der Waals surface area contributed by atoms with E-state index >= 15 is 0 Å². The Hall–Kier alpha value is -1.88. The number of aryl methyl sites for hydroxylation is 1. The summed E-state index contributed by atoms with van der Waals surface area (Å²) in [5, 5.41) is 7.68. The van der Waals surface area contributed by atoms with Crippen LogP contribution in [0.4, 0.5) is 5.69 Å². The zero-order valence-electron chi connectivity index (χ0n) is 13.4. The molecule has 1 heterocycles. The molecule has 0 saturated carbocycles. The molecule has 0 amide bonds. The van der Waals surface area contributed by atoms with Crippen LogP contribution in [0.5, 0.6) is 0 Å².